The van der Waals surface area contributed by atoms with E-state index in [0.717, 1.165) is 0 Å². The van der Waals surface area contributed by atoms with Crippen LogP contribution in [0, 0.1) is 5.82 Å². The van der Waals surface area contributed by atoms with E-state index in [1.165, 1.54) is 48.5 Å². The van der Waals surface area contributed by atoms with Gasteiger partial charge in [-0.2, -0.15) is 0 Å². The Kier molecular flexibility index (Phi) is 6.11. The first-order chi connectivity index (χ1) is 11.4. The van der Waals surface area contributed by atoms with Crippen LogP contribution in [-0.4, -0.2) is 35.4 Å². The molecule has 0 fully saturated rings. The number of carbonyl (C=O) groups excluding carboxylic acids is 2. The van der Waals surface area contributed by atoms with Crippen molar-refractivity contribution in [1.29, 1.82) is 0 Å². The molecule has 1 amide bonds. The maximum atomic E-state index is 13.7. The summed E-state index contributed by atoms with van der Waals surface area (Å²) in [5, 5.41) is 0.461. The molecule has 1 aromatic carbocycles. The van der Waals surface area contributed by atoms with Crippen LogP contribution in [0.5, 0.6) is 0 Å². The zero-order valence-corrected chi connectivity index (χ0v) is 14.1. The molecule has 126 valence electrons. The van der Waals surface area contributed by atoms with Crippen molar-refractivity contribution in [2.75, 3.05) is 13.7 Å². The predicted molar refractivity (Wildman–Crippen MR) is 87.4 cm³/mol. The molecule has 8 heteroatoms. The molecule has 0 bridgehead atoms. The highest BCUT2D eigenvalue weighted by molar-refractivity contribution is 6.31. The van der Waals surface area contributed by atoms with Crippen LogP contribution in [-0.2, 0) is 16.1 Å². The van der Waals surface area contributed by atoms with Gasteiger partial charge in [0.15, 0.2) is 6.61 Å². The number of benzene rings is 1. The summed E-state index contributed by atoms with van der Waals surface area (Å²) in [5.41, 5.74) is 0.371. The first kappa shape index (κ1) is 18.2. The molecule has 0 unspecified atom stereocenters. The molecule has 1 aromatic heterocycles. The Hall–Kier alpha value is -2.18. The van der Waals surface area contributed by atoms with Crippen LogP contribution >= 0.6 is 23.2 Å². The number of esters is 1. The molecule has 0 aliphatic rings. The van der Waals surface area contributed by atoms with Crippen molar-refractivity contribution in [2.45, 2.75) is 6.54 Å². The van der Waals surface area contributed by atoms with E-state index < -0.39 is 24.3 Å². The topological polar surface area (TPSA) is 59.5 Å². The largest absolute Gasteiger partial charge is 0.452 e. The first-order valence-electron chi connectivity index (χ1n) is 6.84. The molecular weight excluding hydrogens is 358 g/mol. The number of rotatable bonds is 5. The third-order valence-corrected chi connectivity index (χ3v) is 3.75. The fraction of sp³-hybridized carbons (Fsp3) is 0.188. The van der Waals surface area contributed by atoms with Gasteiger partial charge in [-0.05, 0) is 24.3 Å². The van der Waals surface area contributed by atoms with Crippen molar-refractivity contribution in [1.82, 2.24) is 9.88 Å². The van der Waals surface area contributed by atoms with E-state index in [1.807, 2.05) is 0 Å². The zero-order chi connectivity index (χ0) is 17.7. The normalized spacial score (nSPS) is 10.3. The highest BCUT2D eigenvalue weighted by Gasteiger charge is 2.16. The van der Waals surface area contributed by atoms with E-state index in [-0.39, 0.29) is 27.8 Å². The summed E-state index contributed by atoms with van der Waals surface area (Å²) in [6.07, 6.45) is 1.25. The number of halogens is 3. The summed E-state index contributed by atoms with van der Waals surface area (Å²) in [4.78, 5) is 28.8. The van der Waals surface area contributed by atoms with E-state index in [2.05, 4.69) is 4.98 Å². The lowest BCUT2D eigenvalue weighted by atomic mass is 10.2. The van der Waals surface area contributed by atoms with Crippen LogP contribution in [0.4, 0.5) is 4.39 Å². The number of likely N-dealkylation sites (N-methyl/N-ethyl adjacent to an activating group) is 1. The monoisotopic (exact) mass is 370 g/mol. The molecule has 0 radical (unpaired) electrons. The van der Waals surface area contributed by atoms with Gasteiger partial charge in [-0.3, -0.25) is 4.79 Å². The van der Waals surface area contributed by atoms with Gasteiger partial charge >= 0.3 is 5.97 Å². The molecule has 5 nitrogen and oxygen atoms in total. The van der Waals surface area contributed by atoms with Crippen LogP contribution in [0.2, 0.25) is 10.2 Å². The van der Waals surface area contributed by atoms with E-state index in [1.54, 1.807) is 0 Å². The van der Waals surface area contributed by atoms with E-state index in [4.69, 9.17) is 27.9 Å². The Labute approximate surface area is 148 Å². The minimum absolute atomic E-state index is 0.0373. The summed E-state index contributed by atoms with van der Waals surface area (Å²) in [7, 11) is 1.46. The number of carbonyl (C=O) groups is 2. The van der Waals surface area contributed by atoms with Crippen molar-refractivity contribution >= 4 is 35.1 Å². The minimum Gasteiger partial charge on any atom is -0.452 e. The highest BCUT2D eigenvalue weighted by atomic mass is 35.5. The molecular formula is C16H13Cl2FN2O3. The van der Waals surface area contributed by atoms with Gasteiger partial charge in [0.2, 0.25) is 0 Å². The summed E-state index contributed by atoms with van der Waals surface area (Å²) >= 11 is 11.5. The maximum Gasteiger partial charge on any atom is 0.340 e. The van der Waals surface area contributed by atoms with Crippen molar-refractivity contribution in [3.63, 3.8) is 0 Å². The number of pyridine rings is 1. The van der Waals surface area contributed by atoms with Gasteiger partial charge in [0.1, 0.15) is 11.0 Å². The van der Waals surface area contributed by atoms with Crippen molar-refractivity contribution in [3.8, 4) is 0 Å². The highest BCUT2D eigenvalue weighted by Crippen LogP contribution is 2.20. The zero-order valence-electron chi connectivity index (χ0n) is 12.6. The average molecular weight is 371 g/mol. The number of amides is 1. The molecule has 0 spiro atoms. The Morgan fingerprint density at radius 2 is 2.00 bits per heavy atom. The molecule has 1 heterocycles. The van der Waals surface area contributed by atoms with Crippen LogP contribution in [0.15, 0.2) is 36.5 Å². The summed E-state index contributed by atoms with van der Waals surface area (Å²) in [5.74, 6) is -1.71. The summed E-state index contributed by atoms with van der Waals surface area (Å²) in [6, 6.07) is 7.14. The molecule has 0 saturated heterocycles. The van der Waals surface area contributed by atoms with Crippen LogP contribution in [0.1, 0.15) is 15.9 Å². The third-order valence-electron chi connectivity index (χ3n) is 3.17. The summed E-state index contributed by atoms with van der Waals surface area (Å²) < 4.78 is 18.6. The second kappa shape index (κ2) is 8.08. The quantitative estimate of drug-likeness (QED) is 0.598. The van der Waals surface area contributed by atoms with Crippen molar-refractivity contribution < 1.29 is 18.7 Å². The maximum absolute atomic E-state index is 13.7. The van der Waals surface area contributed by atoms with E-state index in [0.29, 0.717) is 0 Å². The Bertz CT molecular complexity index is 733. The lowest BCUT2D eigenvalue weighted by molar-refractivity contribution is -0.133. The van der Waals surface area contributed by atoms with Gasteiger partial charge in [-0.1, -0.05) is 29.3 Å². The molecule has 0 aliphatic carbocycles. The lowest BCUT2D eigenvalue weighted by Crippen LogP contribution is -2.31. The van der Waals surface area contributed by atoms with Gasteiger partial charge in [0.05, 0.1) is 5.56 Å². The Balaban J connectivity index is 1.92. The van der Waals surface area contributed by atoms with Crippen LogP contribution in [0.25, 0.3) is 0 Å². The number of hydrogen-bond acceptors (Lipinski definition) is 4. The van der Waals surface area contributed by atoms with Gasteiger partial charge in [-0.25, -0.2) is 14.2 Å². The molecule has 0 N–H and O–H groups in total. The molecule has 2 rings (SSSR count). The molecule has 0 atom stereocenters. The third kappa shape index (κ3) is 4.66. The second-order valence-corrected chi connectivity index (χ2v) is 5.69. The molecule has 24 heavy (non-hydrogen) atoms. The number of nitrogens with zero attached hydrogens (tertiary/aromatic N) is 2. The SMILES string of the molecule is CN(Cc1c(F)cccc1Cl)C(=O)COC(=O)c1ccc(Cl)nc1. The molecule has 2 aromatic rings. The van der Waals surface area contributed by atoms with Gasteiger partial charge in [-0.15, -0.1) is 0 Å². The van der Waals surface area contributed by atoms with Crippen molar-refractivity contribution in [2.24, 2.45) is 0 Å². The molecule has 0 aliphatic heterocycles. The smallest absolute Gasteiger partial charge is 0.340 e. The van der Waals surface area contributed by atoms with Gasteiger partial charge < -0.3 is 9.64 Å². The Morgan fingerprint density at radius 1 is 1.25 bits per heavy atom. The number of aromatic nitrogens is 1. The fourth-order valence-electron chi connectivity index (χ4n) is 1.83. The van der Waals surface area contributed by atoms with Crippen molar-refractivity contribution in [3.05, 3.63) is 63.6 Å². The van der Waals surface area contributed by atoms with Gasteiger partial charge in [0, 0.05) is 30.4 Å². The predicted octanol–water partition coefficient (Wildman–Crippen LogP) is 3.34. The fourth-order valence-corrected chi connectivity index (χ4v) is 2.16. The first-order valence-corrected chi connectivity index (χ1v) is 7.59. The van der Waals surface area contributed by atoms with Gasteiger partial charge in [0.25, 0.3) is 5.91 Å². The summed E-state index contributed by atoms with van der Waals surface area (Å²) in [6.45, 7) is -0.519. The number of hydrogen-bond donors (Lipinski definition) is 0. The standard InChI is InChI=1S/C16H13Cl2FN2O3/c1-21(8-11-12(17)3-2-4-13(11)19)15(22)9-24-16(23)10-5-6-14(18)20-7-10/h2-7H,8-9H2,1H3. The second-order valence-electron chi connectivity index (χ2n) is 4.90. The van der Waals surface area contributed by atoms with Crippen LogP contribution in [0.3, 0.4) is 0 Å². The number of ether oxygens (including phenoxy) is 1. The lowest BCUT2D eigenvalue weighted by Gasteiger charge is -2.18. The van der Waals surface area contributed by atoms with Crippen LogP contribution < -0.4 is 0 Å². The van der Waals surface area contributed by atoms with E-state index in [9.17, 15) is 14.0 Å². The van der Waals surface area contributed by atoms with E-state index >= 15 is 0 Å². The minimum atomic E-state index is -0.704. The average Bonchev–Trinajstić information content (AvgIpc) is 2.56. The Morgan fingerprint density at radius 3 is 2.62 bits per heavy atom. The molecule has 0 saturated carbocycles.